The number of esters is 5. The van der Waals surface area contributed by atoms with Crippen LogP contribution in [0.3, 0.4) is 0 Å². The van der Waals surface area contributed by atoms with Gasteiger partial charge in [-0.05, 0) is 38.7 Å². The topological polar surface area (TPSA) is 225 Å². The highest BCUT2D eigenvalue weighted by molar-refractivity contribution is 5.83. The van der Waals surface area contributed by atoms with Gasteiger partial charge in [-0.25, -0.2) is 4.79 Å². The van der Waals surface area contributed by atoms with E-state index in [-0.39, 0.29) is 25.7 Å². The molecular formula is C40H54O17. The largest absolute Gasteiger partial charge is 0.472 e. The minimum absolute atomic E-state index is 0.0264. The molecule has 17 nitrogen and oxygen atoms in total. The molecule has 0 radical (unpaired) electrons. The van der Waals surface area contributed by atoms with Gasteiger partial charge in [0.1, 0.15) is 29.5 Å². The van der Waals surface area contributed by atoms with Gasteiger partial charge < -0.3 is 57.3 Å². The molecule has 2 N–H and O–H groups in total. The van der Waals surface area contributed by atoms with E-state index in [9.17, 15) is 34.2 Å². The molecule has 4 heterocycles. The molecule has 4 unspecified atom stereocenters. The third-order valence-corrected chi connectivity index (χ3v) is 14.6. The summed E-state index contributed by atoms with van der Waals surface area (Å²) in [4.78, 5) is 68.3. The molecule has 0 aromatic carbocycles. The maximum atomic E-state index is 14.1. The molecule has 57 heavy (non-hydrogen) atoms. The maximum Gasteiger partial charge on any atom is 0.341 e. The second-order valence-corrected chi connectivity index (χ2v) is 17.6. The average molecular weight is 807 g/mol. The van der Waals surface area contributed by atoms with Crippen molar-refractivity contribution in [3.8, 4) is 0 Å². The fourth-order valence-corrected chi connectivity index (χ4v) is 11.9. The molecule has 3 aliphatic carbocycles. The lowest BCUT2D eigenvalue weighted by Crippen LogP contribution is -2.84. The highest BCUT2D eigenvalue weighted by Gasteiger charge is 2.92. The van der Waals surface area contributed by atoms with Crippen LogP contribution in [0, 0.1) is 28.1 Å². The van der Waals surface area contributed by atoms with E-state index in [4.69, 9.17) is 47.0 Å². The lowest BCUT2D eigenvalue weighted by Gasteiger charge is -2.69. The molecule has 16 atom stereocenters. The number of methoxy groups -OCH3 is 2. The van der Waals surface area contributed by atoms with Crippen LogP contribution in [0.5, 0.6) is 0 Å². The van der Waals surface area contributed by atoms with E-state index in [1.807, 2.05) is 0 Å². The van der Waals surface area contributed by atoms with Crippen molar-refractivity contribution in [1.29, 1.82) is 0 Å². The van der Waals surface area contributed by atoms with Crippen molar-refractivity contribution in [1.82, 2.24) is 0 Å². The van der Waals surface area contributed by atoms with Gasteiger partial charge in [0.15, 0.2) is 11.7 Å². The molecule has 3 saturated heterocycles. The fourth-order valence-electron chi connectivity index (χ4n) is 11.9. The maximum absolute atomic E-state index is 14.1. The Morgan fingerprint density at radius 2 is 1.51 bits per heavy atom. The van der Waals surface area contributed by atoms with E-state index in [0.717, 1.165) is 0 Å². The van der Waals surface area contributed by atoms with Crippen LogP contribution in [0.25, 0.3) is 0 Å². The normalized spacial score (nSPS) is 46.8. The van der Waals surface area contributed by atoms with Gasteiger partial charge in [0, 0.05) is 54.4 Å². The lowest BCUT2D eigenvalue weighted by molar-refractivity contribution is -0.416. The zero-order valence-corrected chi connectivity index (χ0v) is 34.0. The summed E-state index contributed by atoms with van der Waals surface area (Å²) < 4.78 is 61.2. The molecule has 7 rings (SSSR count). The summed E-state index contributed by atoms with van der Waals surface area (Å²) in [7, 11) is 2.41. The van der Waals surface area contributed by atoms with Gasteiger partial charge >= 0.3 is 29.8 Å². The second-order valence-electron chi connectivity index (χ2n) is 17.6. The third-order valence-electron chi connectivity index (χ3n) is 14.6. The Bertz CT molecular complexity index is 1820. The van der Waals surface area contributed by atoms with E-state index in [2.05, 4.69) is 0 Å². The molecule has 6 fully saturated rings. The number of aliphatic hydroxyl groups excluding tert-OH is 2. The number of fused-ring (bicyclic) bond motifs is 2. The van der Waals surface area contributed by atoms with Crippen LogP contribution in [-0.4, -0.2) is 114 Å². The number of carbonyl (C=O) groups excluding carboxylic acids is 5. The Kier molecular flexibility index (Phi) is 9.81. The van der Waals surface area contributed by atoms with Gasteiger partial charge in [-0.3, -0.25) is 19.2 Å². The van der Waals surface area contributed by atoms with Crippen molar-refractivity contribution in [2.24, 2.45) is 28.1 Å². The second kappa shape index (κ2) is 13.5. The highest BCUT2D eigenvalue weighted by atomic mass is 16.9. The van der Waals surface area contributed by atoms with Crippen LogP contribution in [0.1, 0.15) is 99.2 Å². The SMILES string of the molecule is CCC(=O)O[C@@H]1[C@@H](O)[C@@H](OC(=O)C2(C)OC2C)[C@]2(C)CC3OC4(C)O[C@@]15[C@H](CC(=O)OC)[C@](C)([C@@H](OC(C)=O)c1ccoc1)C[C@@H](O)[C@]5(O4)[C@]3(C)[C@H]2CC(=O)OC. The predicted octanol–water partition coefficient (Wildman–Crippen LogP) is 2.81. The minimum Gasteiger partial charge on any atom is -0.472 e. The molecule has 1 spiro atoms. The van der Waals surface area contributed by atoms with Gasteiger partial charge in [0.2, 0.25) is 0 Å². The summed E-state index contributed by atoms with van der Waals surface area (Å²) in [6.07, 6.45) is -8.29. The van der Waals surface area contributed by atoms with Crippen LogP contribution >= 0.6 is 0 Å². The molecule has 6 aliphatic rings. The van der Waals surface area contributed by atoms with E-state index >= 15 is 0 Å². The Labute approximate surface area is 330 Å². The first kappa shape index (κ1) is 41.5. The summed E-state index contributed by atoms with van der Waals surface area (Å²) >= 11 is 0. The number of hydrogen-bond acceptors (Lipinski definition) is 17. The number of hydrogen-bond donors (Lipinski definition) is 2. The van der Waals surface area contributed by atoms with Crippen molar-refractivity contribution in [2.45, 2.75) is 153 Å². The summed E-state index contributed by atoms with van der Waals surface area (Å²) in [5.41, 5.74) is -9.85. The Morgan fingerprint density at radius 1 is 0.877 bits per heavy atom. The smallest absolute Gasteiger partial charge is 0.341 e. The molecule has 4 bridgehead atoms. The highest BCUT2D eigenvalue weighted by Crippen LogP contribution is 2.79. The van der Waals surface area contributed by atoms with Gasteiger partial charge in [-0.1, -0.05) is 27.7 Å². The molecule has 1 aromatic heterocycles. The molecule has 1 aromatic rings. The summed E-state index contributed by atoms with van der Waals surface area (Å²) in [5.74, 6) is -8.08. The molecule has 17 heteroatoms. The van der Waals surface area contributed by atoms with Gasteiger partial charge in [-0.15, -0.1) is 0 Å². The number of furan rings is 1. The van der Waals surface area contributed by atoms with Crippen LogP contribution in [-0.2, 0) is 66.6 Å². The standard InChI is InChI=1S/C40H54O17/c1-11-26(43)52-32-29(46)31(53-33(47)37(7)19(2)54-37)35(5)17-25-36(6,22(35)14-27(44)48-9)40-24(42)16-34(4,30(51-20(3)41)21-12-13-50-18-21)23(15-28(45)49-10)39(32,40)56-38(8,55-25)57-40/h12-13,18-19,22-25,29-32,42,46H,11,14-17H2,1-10H3/t19?,22-,23+,24+,25?,29-,30-,31+,32+,34+,35+,36+,37?,38?,39-,40-/m0/s1. The Balaban J connectivity index is 1.59. The van der Waals surface area contributed by atoms with Crippen molar-refractivity contribution >= 4 is 29.8 Å². The molecule has 3 aliphatic heterocycles. The van der Waals surface area contributed by atoms with Crippen molar-refractivity contribution < 1.29 is 81.2 Å². The van der Waals surface area contributed by atoms with Crippen LogP contribution in [0.4, 0.5) is 0 Å². The lowest BCUT2D eigenvalue weighted by atomic mass is 9.40. The molecule has 316 valence electrons. The summed E-state index contributed by atoms with van der Waals surface area (Å²) in [6, 6.07) is 1.57. The molecule has 3 saturated carbocycles. The average Bonchev–Trinajstić information content (AvgIpc) is 3.46. The number of rotatable bonds is 11. The number of epoxide rings is 1. The van der Waals surface area contributed by atoms with Crippen molar-refractivity contribution in [3.63, 3.8) is 0 Å². The van der Waals surface area contributed by atoms with E-state index < -0.39 is 130 Å². The van der Waals surface area contributed by atoms with Crippen molar-refractivity contribution in [2.75, 3.05) is 14.2 Å². The van der Waals surface area contributed by atoms with Crippen molar-refractivity contribution in [3.05, 3.63) is 24.2 Å². The summed E-state index contributed by atoms with van der Waals surface area (Å²) in [5, 5.41) is 26.4. The van der Waals surface area contributed by atoms with E-state index in [1.54, 1.807) is 47.6 Å². The first-order chi connectivity index (χ1) is 26.6. The fraction of sp³-hybridized carbons (Fsp3) is 0.775. The zero-order valence-electron chi connectivity index (χ0n) is 34.0. The van der Waals surface area contributed by atoms with Crippen LogP contribution < -0.4 is 0 Å². The zero-order chi connectivity index (χ0) is 41.9. The first-order valence-corrected chi connectivity index (χ1v) is 19.4. The minimum atomic E-state index is -2.32. The van der Waals surface area contributed by atoms with Gasteiger partial charge in [-0.2, -0.15) is 0 Å². The number of aliphatic hydroxyl groups is 2. The quantitative estimate of drug-likeness (QED) is 0.186. The molecule has 0 amide bonds. The Hall–Kier alpha value is -3.61. The van der Waals surface area contributed by atoms with Gasteiger partial charge in [0.25, 0.3) is 5.97 Å². The van der Waals surface area contributed by atoms with Crippen LogP contribution in [0.2, 0.25) is 0 Å². The summed E-state index contributed by atoms with van der Waals surface area (Å²) in [6.45, 7) is 12.7. The Morgan fingerprint density at radius 3 is 2.05 bits per heavy atom. The predicted molar refractivity (Wildman–Crippen MR) is 189 cm³/mol. The first-order valence-electron chi connectivity index (χ1n) is 19.4. The number of carbonyl (C=O) groups is 5. The van der Waals surface area contributed by atoms with Crippen LogP contribution in [0.15, 0.2) is 23.0 Å². The molecular weight excluding hydrogens is 752 g/mol. The van der Waals surface area contributed by atoms with E-state index in [1.165, 1.54) is 40.6 Å². The third kappa shape index (κ3) is 5.51. The number of ether oxygens (including phenoxy) is 9. The van der Waals surface area contributed by atoms with E-state index in [0.29, 0.717) is 5.56 Å². The van der Waals surface area contributed by atoms with Gasteiger partial charge in [0.05, 0.1) is 51.5 Å². The monoisotopic (exact) mass is 806 g/mol.